The molecule has 1 spiro atoms. The summed E-state index contributed by atoms with van der Waals surface area (Å²) in [5.41, 5.74) is 2.32. The van der Waals surface area contributed by atoms with Crippen molar-refractivity contribution >= 4 is 0 Å². The molecule has 0 amide bonds. The van der Waals surface area contributed by atoms with E-state index >= 15 is 0 Å². The molecule has 0 N–H and O–H groups in total. The quantitative estimate of drug-likeness (QED) is 0.387. The molecule has 1 heteroatoms. The van der Waals surface area contributed by atoms with E-state index in [0.29, 0.717) is 33.2 Å². The fourth-order valence-electron chi connectivity index (χ4n) is 13.2. The average Bonchev–Trinajstić information content (AvgIpc) is 2.95. The lowest BCUT2D eigenvalue weighted by Crippen LogP contribution is -2.58. The third-order valence-electron chi connectivity index (χ3n) is 13.4. The summed E-state index contributed by atoms with van der Waals surface area (Å²) in [5, 5.41) is 0. The van der Waals surface area contributed by atoms with Crippen molar-refractivity contribution in [1.82, 2.24) is 0 Å². The molecule has 0 bridgehead atoms. The van der Waals surface area contributed by atoms with Gasteiger partial charge in [0.05, 0.1) is 6.10 Å². The van der Waals surface area contributed by atoms with Crippen LogP contribution >= 0.6 is 0 Å². The van der Waals surface area contributed by atoms with Crippen LogP contribution in [0.4, 0.5) is 0 Å². The van der Waals surface area contributed by atoms with Gasteiger partial charge in [0.1, 0.15) is 0 Å². The zero-order chi connectivity index (χ0) is 24.2. The second-order valence-corrected chi connectivity index (χ2v) is 16.0. The Labute approximate surface area is 206 Å². The van der Waals surface area contributed by atoms with Crippen LogP contribution in [0.1, 0.15) is 120 Å². The molecule has 5 fully saturated rings. The molecule has 0 aromatic heterocycles. The van der Waals surface area contributed by atoms with Gasteiger partial charge in [-0.1, -0.05) is 81.6 Å². The van der Waals surface area contributed by atoms with Gasteiger partial charge in [0.25, 0.3) is 0 Å². The van der Waals surface area contributed by atoms with Gasteiger partial charge in [0, 0.05) is 12.5 Å². The number of rotatable bonds is 6. The Morgan fingerprint density at radius 3 is 2.18 bits per heavy atom. The van der Waals surface area contributed by atoms with Crippen LogP contribution in [0, 0.1) is 68.5 Å². The summed E-state index contributed by atoms with van der Waals surface area (Å²) in [7, 11) is 2.05. The van der Waals surface area contributed by atoms with E-state index in [1.54, 1.807) is 0 Å². The number of ether oxygens (including phenoxy) is 1. The van der Waals surface area contributed by atoms with Crippen molar-refractivity contribution in [2.75, 3.05) is 7.11 Å². The predicted octanol–water partition coefficient (Wildman–Crippen LogP) is 9.00. The highest BCUT2D eigenvalue weighted by Gasteiger charge is 2.90. The molecule has 0 aliphatic heterocycles. The van der Waals surface area contributed by atoms with Gasteiger partial charge in [-0.3, -0.25) is 0 Å². The highest BCUT2D eigenvalue weighted by Crippen LogP contribution is 2.92. The molecule has 0 heterocycles. The Morgan fingerprint density at radius 2 is 1.58 bits per heavy atom. The van der Waals surface area contributed by atoms with Crippen molar-refractivity contribution in [3.05, 3.63) is 0 Å². The van der Waals surface area contributed by atoms with E-state index in [1.807, 2.05) is 7.11 Å². The van der Waals surface area contributed by atoms with Gasteiger partial charge in [-0.25, -0.2) is 0 Å². The van der Waals surface area contributed by atoms with Gasteiger partial charge in [0.15, 0.2) is 0 Å². The van der Waals surface area contributed by atoms with Gasteiger partial charge >= 0.3 is 0 Å². The van der Waals surface area contributed by atoms with Crippen LogP contribution in [0.15, 0.2) is 0 Å². The maximum atomic E-state index is 6.52. The van der Waals surface area contributed by atoms with Crippen molar-refractivity contribution in [1.29, 1.82) is 0 Å². The first-order valence-electron chi connectivity index (χ1n) is 14.8. The topological polar surface area (TPSA) is 9.23 Å². The molecule has 33 heavy (non-hydrogen) atoms. The van der Waals surface area contributed by atoms with Gasteiger partial charge in [-0.2, -0.15) is 0 Å². The molecule has 10 atom stereocenters. The van der Waals surface area contributed by atoms with E-state index < -0.39 is 0 Å². The molecule has 5 rings (SSSR count). The molecular formula is C32H56O. The van der Waals surface area contributed by atoms with Crippen molar-refractivity contribution in [2.24, 2.45) is 68.5 Å². The monoisotopic (exact) mass is 456 g/mol. The predicted molar refractivity (Wildman–Crippen MR) is 140 cm³/mol. The molecule has 5 aliphatic rings. The molecule has 1 nitrogen and oxygen atoms in total. The Bertz CT molecular complexity index is 764. The Hall–Kier alpha value is -0.0400. The van der Waals surface area contributed by atoms with E-state index in [9.17, 15) is 0 Å². The minimum absolute atomic E-state index is 0.412. The summed E-state index contributed by atoms with van der Waals surface area (Å²) in [4.78, 5) is 0. The molecular weight excluding hydrogens is 400 g/mol. The molecule has 190 valence electrons. The fraction of sp³-hybridized carbons (Fsp3) is 1.00. The first-order valence-corrected chi connectivity index (χ1v) is 14.8. The van der Waals surface area contributed by atoms with Crippen molar-refractivity contribution in [2.45, 2.75) is 126 Å². The molecule has 0 unspecified atom stereocenters. The first kappa shape index (κ1) is 24.6. The standard InChI is InChI=1S/C32H56O/c1-20(2)12-11-13-21(3)23-14-15-24-22-18-26(33-10)32-27(29(32,6)7)28(4,5)19-31(32,9)25(22)16-17-30(23,24)8/h20-27H,11-19H2,1-10H3/t21-,22-,23+,24-,25-,26+,27+,30+,31+,32+/m0/s1. The summed E-state index contributed by atoms with van der Waals surface area (Å²) in [6.07, 6.45) is 13.5. The van der Waals surface area contributed by atoms with Gasteiger partial charge in [-0.05, 0) is 102 Å². The summed E-state index contributed by atoms with van der Waals surface area (Å²) in [5.74, 6) is 6.28. The van der Waals surface area contributed by atoms with Crippen molar-refractivity contribution in [3.63, 3.8) is 0 Å². The summed E-state index contributed by atoms with van der Waals surface area (Å²) >= 11 is 0. The van der Waals surface area contributed by atoms with Crippen LogP contribution in [-0.4, -0.2) is 13.2 Å². The minimum Gasteiger partial charge on any atom is -0.381 e. The number of methoxy groups -OCH3 is 1. The van der Waals surface area contributed by atoms with Gasteiger partial charge in [-0.15, -0.1) is 0 Å². The zero-order valence-electron chi connectivity index (χ0n) is 23.9. The minimum atomic E-state index is 0.412. The smallest absolute Gasteiger partial charge is 0.0644 e. The molecule has 0 radical (unpaired) electrons. The van der Waals surface area contributed by atoms with E-state index in [1.165, 1.54) is 57.8 Å². The zero-order valence-corrected chi connectivity index (χ0v) is 23.9. The molecule has 0 aromatic rings. The first-order chi connectivity index (χ1) is 15.3. The van der Waals surface area contributed by atoms with E-state index in [-0.39, 0.29) is 0 Å². The number of hydrogen-bond donors (Lipinski definition) is 0. The maximum Gasteiger partial charge on any atom is 0.0644 e. The lowest BCUT2D eigenvalue weighted by Gasteiger charge is -2.62. The van der Waals surface area contributed by atoms with Crippen molar-refractivity contribution in [3.8, 4) is 0 Å². The Balaban J connectivity index is 1.42. The summed E-state index contributed by atoms with van der Waals surface area (Å²) < 4.78 is 6.52. The lowest BCUT2D eigenvalue weighted by molar-refractivity contribution is -0.174. The largest absolute Gasteiger partial charge is 0.381 e. The van der Waals surface area contributed by atoms with Gasteiger partial charge < -0.3 is 4.74 Å². The third kappa shape index (κ3) is 2.93. The summed E-state index contributed by atoms with van der Waals surface area (Å²) in [6, 6.07) is 0. The van der Waals surface area contributed by atoms with Crippen LogP contribution < -0.4 is 0 Å². The van der Waals surface area contributed by atoms with E-state index in [4.69, 9.17) is 4.74 Å². The fourth-order valence-corrected chi connectivity index (χ4v) is 13.2. The molecule has 0 saturated heterocycles. The second kappa shape index (κ2) is 7.49. The third-order valence-corrected chi connectivity index (χ3v) is 13.4. The number of fused-ring (bicyclic) bond motifs is 4. The lowest BCUT2D eigenvalue weighted by atomic mass is 9.44. The summed E-state index contributed by atoms with van der Waals surface area (Å²) in [6.45, 7) is 23.2. The van der Waals surface area contributed by atoms with Crippen LogP contribution in [0.25, 0.3) is 0 Å². The van der Waals surface area contributed by atoms with Gasteiger partial charge in [0.2, 0.25) is 0 Å². The van der Waals surface area contributed by atoms with Crippen LogP contribution in [0.3, 0.4) is 0 Å². The highest BCUT2D eigenvalue weighted by atomic mass is 16.5. The molecule has 0 aromatic carbocycles. The van der Waals surface area contributed by atoms with Crippen LogP contribution in [0.5, 0.6) is 0 Å². The Kier molecular flexibility index (Phi) is 5.59. The maximum absolute atomic E-state index is 6.52. The van der Waals surface area contributed by atoms with E-state index in [2.05, 4.69) is 62.3 Å². The number of hydrogen-bond acceptors (Lipinski definition) is 1. The van der Waals surface area contributed by atoms with E-state index in [0.717, 1.165) is 41.4 Å². The second-order valence-electron chi connectivity index (χ2n) is 16.0. The normalized spacial score (nSPS) is 52.1. The highest BCUT2D eigenvalue weighted by molar-refractivity contribution is 5.37. The molecule has 5 saturated carbocycles. The molecule has 5 aliphatic carbocycles. The average molecular weight is 457 g/mol. The Morgan fingerprint density at radius 1 is 0.879 bits per heavy atom. The SMILES string of the molecule is CO[C@@H]1C[C@H]2[C@@H]3CC[C@H]([C@@H](C)CCCC(C)C)[C@@]3(C)CC[C@@H]2[C@@]2(C)CC(C)(C)[C@@H]3C(C)(C)[C@]312. The van der Waals surface area contributed by atoms with Crippen molar-refractivity contribution < 1.29 is 4.74 Å². The van der Waals surface area contributed by atoms with Crippen LogP contribution in [0.2, 0.25) is 0 Å². The van der Waals surface area contributed by atoms with Crippen LogP contribution in [-0.2, 0) is 4.74 Å².